The van der Waals surface area contributed by atoms with Crippen LogP contribution in [0.25, 0.3) is 16.6 Å². The van der Waals surface area contributed by atoms with E-state index in [-0.39, 0.29) is 26.2 Å². The van der Waals surface area contributed by atoms with Crippen molar-refractivity contribution in [1.82, 2.24) is 20.4 Å². The molecule has 0 saturated heterocycles. The number of nitrogens with one attached hydrogen (secondary N) is 3. The molecule has 10 nitrogen and oxygen atoms in total. The molecule has 0 fully saturated rings. The van der Waals surface area contributed by atoms with Crippen LogP contribution >= 0.6 is 0 Å². The van der Waals surface area contributed by atoms with Crippen LogP contribution in [0.4, 0.5) is 15.3 Å². The second-order valence-electron chi connectivity index (χ2n) is 10.2. The molecule has 0 bridgehead atoms. The molecule has 5 aromatic rings. The van der Waals surface area contributed by atoms with E-state index < -0.39 is 24.1 Å². The van der Waals surface area contributed by atoms with Gasteiger partial charge in [-0.25, -0.2) is 14.3 Å². The highest BCUT2D eigenvalue weighted by Crippen LogP contribution is 2.23. The van der Waals surface area contributed by atoms with E-state index in [2.05, 4.69) is 21.0 Å². The standard InChI is InChI=1S/C34H33N5O5/c1-24-9-8-14-29(19-24)39-31-20-28(16-15-27(31)21-36-39)37-32(40)30(38-34(42)44-23-26-12-6-3-7-13-26)17-18-35-33(41)43-22-25-10-4-2-5-11-25/h2-16,19-21,30H,17-18,22-23H2,1H3,(H,35,41)(H,37,40)(H,38,42)/t30-/m0/s1. The van der Waals surface area contributed by atoms with Gasteiger partial charge in [0.2, 0.25) is 5.91 Å². The number of benzene rings is 4. The van der Waals surface area contributed by atoms with Gasteiger partial charge in [-0.2, -0.15) is 5.10 Å². The average Bonchev–Trinajstić information content (AvgIpc) is 3.47. The minimum Gasteiger partial charge on any atom is -0.445 e. The molecule has 5 rings (SSSR count). The van der Waals surface area contributed by atoms with Crippen molar-refractivity contribution in [3.8, 4) is 5.69 Å². The number of hydrogen-bond acceptors (Lipinski definition) is 6. The van der Waals surface area contributed by atoms with E-state index >= 15 is 0 Å². The van der Waals surface area contributed by atoms with Crippen molar-refractivity contribution in [2.45, 2.75) is 32.6 Å². The zero-order valence-electron chi connectivity index (χ0n) is 24.2. The fraction of sp³-hybridized carbons (Fsp3) is 0.176. The lowest BCUT2D eigenvalue weighted by molar-refractivity contribution is -0.118. The number of amides is 3. The summed E-state index contributed by atoms with van der Waals surface area (Å²) in [4.78, 5) is 38.4. The van der Waals surface area contributed by atoms with Crippen LogP contribution in [-0.4, -0.2) is 40.5 Å². The predicted molar refractivity (Wildman–Crippen MR) is 167 cm³/mol. The van der Waals surface area contributed by atoms with Gasteiger partial charge in [-0.15, -0.1) is 0 Å². The quantitative estimate of drug-likeness (QED) is 0.176. The van der Waals surface area contributed by atoms with Crippen LogP contribution in [0.1, 0.15) is 23.1 Å². The zero-order valence-corrected chi connectivity index (χ0v) is 24.2. The number of anilines is 1. The number of carbonyl (C=O) groups is 3. The van der Waals surface area contributed by atoms with Crippen LogP contribution in [0.3, 0.4) is 0 Å². The van der Waals surface area contributed by atoms with E-state index in [4.69, 9.17) is 9.47 Å². The maximum atomic E-state index is 13.4. The van der Waals surface area contributed by atoms with Crippen molar-refractivity contribution < 1.29 is 23.9 Å². The Kier molecular flexibility index (Phi) is 9.83. The van der Waals surface area contributed by atoms with Gasteiger partial charge in [-0.05, 0) is 60.4 Å². The number of fused-ring (bicyclic) bond motifs is 1. The second-order valence-corrected chi connectivity index (χ2v) is 10.2. The molecule has 3 amide bonds. The van der Waals surface area contributed by atoms with Crippen LogP contribution < -0.4 is 16.0 Å². The SMILES string of the molecule is Cc1cccc(-n2ncc3ccc(NC(=O)[C@H](CCNC(=O)OCc4ccccc4)NC(=O)OCc4ccccc4)cc32)c1. The minimum absolute atomic E-state index is 0.0463. The van der Waals surface area contributed by atoms with Crippen molar-refractivity contribution in [2.75, 3.05) is 11.9 Å². The van der Waals surface area contributed by atoms with Gasteiger partial charge in [0.05, 0.1) is 17.4 Å². The summed E-state index contributed by atoms with van der Waals surface area (Å²) in [6.07, 6.45) is 0.470. The number of alkyl carbamates (subject to hydrolysis) is 2. The number of aryl methyl sites for hydroxylation is 1. The first kappa shape index (κ1) is 29.8. The molecule has 1 heterocycles. The van der Waals surface area contributed by atoms with Crippen LogP contribution in [0.15, 0.2) is 109 Å². The van der Waals surface area contributed by atoms with Gasteiger partial charge >= 0.3 is 12.2 Å². The summed E-state index contributed by atoms with van der Waals surface area (Å²) in [5, 5.41) is 13.6. The second kappa shape index (κ2) is 14.5. The average molecular weight is 592 g/mol. The normalized spacial score (nSPS) is 11.4. The fourth-order valence-corrected chi connectivity index (χ4v) is 4.56. The first-order chi connectivity index (χ1) is 21.4. The highest BCUT2D eigenvalue weighted by molar-refractivity contribution is 5.98. The first-order valence-corrected chi connectivity index (χ1v) is 14.2. The summed E-state index contributed by atoms with van der Waals surface area (Å²) in [6, 6.07) is 30.9. The monoisotopic (exact) mass is 591 g/mol. The van der Waals surface area contributed by atoms with Crippen LogP contribution in [0.2, 0.25) is 0 Å². The van der Waals surface area contributed by atoms with Crippen LogP contribution in [0.5, 0.6) is 0 Å². The smallest absolute Gasteiger partial charge is 0.408 e. The lowest BCUT2D eigenvalue weighted by Gasteiger charge is -2.19. The third-order valence-corrected chi connectivity index (χ3v) is 6.82. The highest BCUT2D eigenvalue weighted by atomic mass is 16.6. The van der Waals surface area contributed by atoms with E-state index in [1.54, 1.807) is 16.9 Å². The Morgan fingerprint density at radius 1 is 0.795 bits per heavy atom. The molecule has 10 heteroatoms. The summed E-state index contributed by atoms with van der Waals surface area (Å²) in [7, 11) is 0. The van der Waals surface area contributed by atoms with Gasteiger partial charge in [0.1, 0.15) is 19.3 Å². The number of carbonyl (C=O) groups excluding carboxylic acids is 3. The number of hydrogen-bond donors (Lipinski definition) is 3. The van der Waals surface area contributed by atoms with Crippen molar-refractivity contribution in [3.05, 3.63) is 126 Å². The molecule has 0 aliphatic rings. The van der Waals surface area contributed by atoms with Gasteiger partial charge in [-0.1, -0.05) is 72.8 Å². The van der Waals surface area contributed by atoms with Gasteiger partial charge in [0, 0.05) is 17.6 Å². The molecule has 1 atom stereocenters. The fourth-order valence-electron chi connectivity index (χ4n) is 4.56. The summed E-state index contributed by atoms with van der Waals surface area (Å²) < 4.78 is 12.4. The lowest BCUT2D eigenvalue weighted by atomic mass is 10.1. The topological polar surface area (TPSA) is 124 Å². The van der Waals surface area contributed by atoms with E-state index in [1.807, 2.05) is 104 Å². The molecule has 3 N–H and O–H groups in total. The van der Waals surface area contributed by atoms with Gasteiger partial charge in [0.25, 0.3) is 0 Å². The van der Waals surface area contributed by atoms with E-state index in [9.17, 15) is 14.4 Å². The Labute approximate surface area is 255 Å². The summed E-state index contributed by atoms with van der Waals surface area (Å²) >= 11 is 0. The van der Waals surface area contributed by atoms with Crippen molar-refractivity contribution in [2.24, 2.45) is 0 Å². The van der Waals surface area contributed by atoms with Crippen LogP contribution in [0, 0.1) is 6.92 Å². The molecule has 0 spiro atoms. The number of nitrogens with zero attached hydrogens (tertiary/aromatic N) is 2. The Balaban J connectivity index is 1.24. The third kappa shape index (κ3) is 8.22. The van der Waals surface area contributed by atoms with Crippen molar-refractivity contribution in [3.63, 3.8) is 0 Å². The Morgan fingerprint density at radius 3 is 2.16 bits per heavy atom. The Morgan fingerprint density at radius 2 is 1.48 bits per heavy atom. The van der Waals surface area contributed by atoms with Gasteiger partial charge in [0.15, 0.2) is 0 Å². The van der Waals surface area contributed by atoms with Crippen molar-refractivity contribution >= 4 is 34.7 Å². The summed E-state index contributed by atoms with van der Waals surface area (Å²) in [5.74, 6) is -0.470. The zero-order chi connectivity index (χ0) is 30.7. The Bertz CT molecular complexity index is 1720. The molecule has 0 unspecified atom stereocenters. The van der Waals surface area contributed by atoms with Gasteiger partial charge < -0.3 is 25.4 Å². The molecular formula is C34H33N5O5. The number of aromatic nitrogens is 2. The lowest BCUT2D eigenvalue weighted by Crippen LogP contribution is -2.46. The molecule has 4 aromatic carbocycles. The summed E-state index contributed by atoms with van der Waals surface area (Å²) in [5.41, 5.74) is 4.99. The molecule has 1 aromatic heterocycles. The predicted octanol–water partition coefficient (Wildman–Crippen LogP) is 5.88. The largest absolute Gasteiger partial charge is 0.445 e. The highest BCUT2D eigenvalue weighted by Gasteiger charge is 2.22. The minimum atomic E-state index is -1.01. The third-order valence-electron chi connectivity index (χ3n) is 6.82. The molecule has 224 valence electrons. The Hall–Kier alpha value is -5.64. The van der Waals surface area contributed by atoms with E-state index in [0.29, 0.717) is 5.69 Å². The molecule has 0 aliphatic carbocycles. The maximum Gasteiger partial charge on any atom is 0.408 e. The molecule has 0 saturated carbocycles. The van der Waals surface area contributed by atoms with Crippen molar-refractivity contribution in [1.29, 1.82) is 0 Å². The molecule has 0 radical (unpaired) electrons. The van der Waals surface area contributed by atoms with E-state index in [0.717, 1.165) is 33.3 Å². The van der Waals surface area contributed by atoms with Gasteiger partial charge in [-0.3, -0.25) is 4.79 Å². The maximum absolute atomic E-state index is 13.4. The first-order valence-electron chi connectivity index (χ1n) is 14.2. The molecule has 44 heavy (non-hydrogen) atoms. The summed E-state index contributed by atoms with van der Waals surface area (Å²) in [6.45, 7) is 2.24. The number of ether oxygens (including phenoxy) is 2. The molecular weight excluding hydrogens is 558 g/mol. The van der Waals surface area contributed by atoms with E-state index in [1.165, 1.54) is 0 Å². The van der Waals surface area contributed by atoms with Crippen LogP contribution in [-0.2, 0) is 27.5 Å². The molecule has 0 aliphatic heterocycles. The number of rotatable bonds is 11.